The minimum Gasteiger partial charge on any atom is -0.328 e. The van der Waals surface area contributed by atoms with Gasteiger partial charge in [0.1, 0.15) is 0 Å². The van der Waals surface area contributed by atoms with E-state index in [1.807, 2.05) is 13.0 Å². The summed E-state index contributed by atoms with van der Waals surface area (Å²) in [5.74, 6) is -0.118. The molecule has 1 rings (SSSR count). The van der Waals surface area contributed by atoms with Crippen molar-refractivity contribution in [2.45, 2.75) is 32.2 Å². The summed E-state index contributed by atoms with van der Waals surface area (Å²) in [5.41, 5.74) is 6.54. The van der Waals surface area contributed by atoms with Crippen LogP contribution in [0.1, 0.15) is 31.7 Å². The van der Waals surface area contributed by atoms with Gasteiger partial charge in [0.05, 0.1) is 22.3 Å². The fourth-order valence-electron chi connectivity index (χ4n) is 1.49. The number of carbonyl (C=O) groups is 1. The van der Waals surface area contributed by atoms with Gasteiger partial charge in [-0.05, 0) is 38.0 Å². The Hall–Kier alpha value is -1.57. The largest absolute Gasteiger partial charge is 0.328 e. The average molecular weight is 266 g/mol. The van der Waals surface area contributed by atoms with Gasteiger partial charge in [-0.15, -0.1) is 0 Å². The number of hydrogen-bond donors (Lipinski definition) is 2. The van der Waals surface area contributed by atoms with Crippen molar-refractivity contribution in [2.24, 2.45) is 5.73 Å². The molecule has 0 aromatic heterocycles. The molecule has 0 aliphatic heterocycles. The SMILES string of the molecule is CC(N)CCCC(=O)Nc1cc(C#N)ccc1Cl. The molecule has 0 radical (unpaired) electrons. The van der Waals surface area contributed by atoms with E-state index in [9.17, 15) is 4.79 Å². The molecule has 1 atom stereocenters. The second-order valence-electron chi connectivity index (χ2n) is 4.22. The average Bonchev–Trinajstić information content (AvgIpc) is 2.31. The van der Waals surface area contributed by atoms with Crippen LogP contribution < -0.4 is 11.1 Å². The molecule has 1 aromatic carbocycles. The van der Waals surface area contributed by atoms with Crippen LogP contribution in [0.15, 0.2) is 18.2 Å². The highest BCUT2D eigenvalue weighted by molar-refractivity contribution is 6.33. The third kappa shape index (κ3) is 4.74. The third-order valence-corrected chi connectivity index (χ3v) is 2.76. The van der Waals surface area contributed by atoms with E-state index < -0.39 is 0 Å². The van der Waals surface area contributed by atoms with Crippen LogP contribution in [0, 0.1) is 11.3 Å². The molecule has 5 heteroatoms. The van der Waals surface area contributed by atoms with E-state index in [1.165, 1.54) is 0 Å². The number of nitrogens with zero attached hydrogens (tertiary/aromatic N) is 1. The number of nitrogens with one attached hydrogen (secondary N) is 1. The smallest absolute Gasteiger partial charge is 0.224 e. The molecule has 1 unspecified atom stereocenters. The first-order chi connectivity index (χ1) is 8.52. The number of anilines is 1. The Morgan fingerprint density at radius 1 is 1.61 bits per heavy atom. The summed E-state index contributed by atoms with van der Waals surface area (Å²) in [6.07, 6.45) is 1.94. The Kier molecular flexibility index (Phi) is 5.63. The molecule has 0 saturated carbocycles. The molecule has 0 aliphatic rings. The molecule has 0 spiro atoms. The summed E-state index contributed by atoms with van der Waals surface area (Å²) < 4.78 is 0. The topological polar surface area (TPSA) is 78.9 Å². The van der Waals surface area contributed by atoms with Crippen LogP contribution in [-0.4, -0.2) is 11.9 Å². The Labute approximate surface area is 112 Å². The molecule has 96 valence electrons. The van der Waals surface area contributed by atoms with E-state index >= 15 is 0 Å². The molecular weight excluding hydrogens is 250 g/mol. The van der Waals surface area contributed by atoms with Gasteiger partial charge in [-0.3, -0.25) is 4.79 Å². The molecular formula is C13H16ClN3O. The predicted octanol–water partition coefficient (Wildman–Crippen LogP) is 2.67. The van der Waals surface area contributed by atoms with Gasteiger partial charge in [0, 0.05) is 12.5 Å². The van der Waals surface area contributed by atoms with Crippen molar-refractivity contribution in [1.29, 1.82) is 5.26 Å². The number of carbonyl (C=O) groups excluding carboxylic acids is 1. The summed E-state index contributed by atoms with van der Waals surface area (Å²) in [7, 11) is 0. The van der Waals surface area contributed by atoms with Crippen molar-refractivity contribution >= 4 is 23.2 Å². The molecule has 4 nitrogen and oxygen atoms in total. The molecule has 0 aliphatic carbocycles. The maximum absolute atomic E-state index is 11.7. The Bertz CT molecular complexity index is 466. The number of amides is 1. The lowest BCUT2D eigenvalue weighted by Gasteiger charge is -2.08. The molecule has 0 heterocycles. The van der Waals surface area contributed by atoms with Crippen molar-refractivity contribution < 1.29 is 4.79 Å². The first-order valence-electron chi connectivity index (χ1n) is 5.78. The maximum Gasteiger partial charge on any atom is 0.224 e. The molecule has 0 fully saturated rings. The van der Waals surface area contributed by atoms with Gasteiger partial charge in [-0.2, -0.15) is 5.26 Å². The third-order valence-electron chi connectivity index (χ3n) is 2.43. The summed E-state index contributed by atoms with van der Waals surface area (Å²) in [5, 5.41) is 11.9. The highest BCUT2D eigenvalue weighted by Gasteiger charge is 2.07. The first-order valence-corrected chi connectivity index (χ1v) is 6.16. The van der Waals surface area contributed by atoms with Crippen molar-refractivity contribution in [3.63, 3.8) is 0 Å². The lowest BCUT2D eigenvalue weighted by atomic mass is 10.1. The van der Waals surface area contributed by atoms with E-state index in [0.29, 0.717) is 22.7 Å². The summed E-state index contributed by atoms with van der Waals surface area (Å²) in [6, 6.07) is 6.86. The summed E-state index contributed by atoms with van der Waals surface area (Å²) in [6.45, 7) is 1.91. The first kappa shape index (κ1) is 14.5. The molecule has 0 bridgehead atoms. The van der Waals surface area contributed by atoms with Gasteiger partial charge in [0.25, 0.3) is 0 Å². The van der Waals surface area contributed by atoms with E-state index in [-0.39, 0.29) is 11.9 Å². The maximum atomic E-state index is 11.7. The zero-order chi connectivity index (χ0) is 13.5. The fourth-order valence-corrected chi connectivity index (χ4v) is 1.65. The molecule has 1 aromatic rings. The van der Waals surface area contributed by atoms with Crippen LogP contribution in [0.3, 0.4) is 0 Å². The van der Waals surface area contributed by atoms with Gasteiger partial charge in [-0.25, -0.2) is 0 Å². The molecule has 18 heavy (non-hydrogen) atoms. The number of halogens is 1. The highest BCUT2D eigenvalue weighted by atomic mass is 35.5. The van der Waals surface area contributed by atoms with Crippen molar-refractivity contribution in [1.82, 2.24) is 0 Å². The monoisotopic (exact) mass is 265 g/mol. The number of nitriles is 1. The minimum absolute atomic E-state index is 0.100. The second-order valence-corrected chi connectivity index (χ2v) is 4.63. The Morgan fingerprint density at radius 2 is 2.33 bits per heavy atom. The Balaban J connectivity index is 2.56. The minimum atomic E-state index is -0.118. The molecule has 1 amide bonds. The predicted molar refractivity (Wildman–Crippen MR) is 72.3 cm³/mol. The number of hydrogen-bond acceptors (Lipinski definition) is 3. The normalized spacial score (nSPS) is 11.7. The van der Waals surface area contributed by atoms with Crippen LogP contribution in [0.4, 0.5) is 5.69 Å². The van der Waals surface area contributed by atoms with E-state index in [0.717, 1.165) is 12.8 Å². The zero-order valence-electron chi connectivity index (χ0n) is 10.2. The van der Waals surface area contributed by atoms with Crippen molar-refractivity contribution in [2.75, 3.05) is 5.32 Å². The quantitative estimate of drug-likeness (QED) is 0.859. The molecule has 3 N–H and O–H groups in total. The van der Waals surface area contributed by atoms with Gasteiger partial charge >= 0.3 is 0 Å². The summed E-state index contributed by atoms with van der Waals surface area (Å²) >= 11 is 5.94. The van der Waals surface area contributed by atoms with Gasteiger partial charge in [-0.1, -0.05) is 11.6 Å². The summed E-state index contributed by atoms with van der Waals surface area (Å²) in [4.78, 5) is 11.7. The number of nitrogens with two attached hydrogens (primary N) is 1. The van der Waals surface area contributed by atoms with Crippen LogP contribution in [0.5, 0.6) is 0 Å². The highest BCUT2D eigenvalue weighted by Crippen LogP contribution is 2.23. The lowest BCUT2D eigenvalue weighted by molar-refractivity contribution is -0.116. The number of benzene rings is 1. The lowest BCUT2D eigenvalue weighted by Crippen LogP contribution is -2.17. The van der Waals surface area contributed by atoms with Crippen molar-refractivity contribution in [3.8, 4) is 6.07 Å². The number of rotatable bonds is 5. The van der Waals surface area contributed by atoms with E-state index in [2.05, 4.69) is 5.32 Å². The van der Waals surface area contributed by atoms with Crippen molar-refractivity contribution in [3.05, 3.63) is 28.8 Å². The van der Waals surface area contributed by atoms with Crippen LogP contribution in [-0.2, 0) is 4.79 Å². The molecule has 0 saturated heterocycles. The van der Waals surface area contributed by atoms with Crippen LogP contribution in [0.25, 0.3) is 0 Å². The zero-order valence-corrected chi connectivity index (χ0v) is 11.0. The van der Waals surface area contributed by atoms with Crippen LogP contribution >= 0.6 is 11.6 Å². The van der Waals surface area contributed by atoms with Crippen LogP contribution in [0.2, 0.25) is 5.02 Å². The fraction of sp³-hybridized carbons (Fsp3) is 0.385. The van der Waals surface area contributed by atoms with Gasteiger partial charge in [0.2, 0.25) is 5.91 Å². The Morgan fingerprint density at radius 3 is 2.94 bits per heavy atom. The van der Waals surface area contributed by atoms with E-state index in [1.54, 1.807) is 18.2 Å². The van der Waals surface area contributed by atoms with Gasteiger partial charge < -0.3 is 11.1 Å². The van der Waals surface area contributed by atoms with E-state index in [4.69, 9.17) is 22.6 Å². The second kappa shape index (κ2) is 7.00. The van der Waals surface area contributed by atoms with Gasteiger partial charge in [0.15, 0.2) is 0 Å². The standard InChI is InChI=1S/C13H16ClN3O/c1-9(16)3-2-4-13(18)17-12-7-10(8-15)5-6-11(12)14/h5-7,9H,2-4,16H2,1H3,(H,17,18).